The van der Waals surface area contributed by atoms with Gasteiger partial charge in [-0.3, -0.25) is 4.79 Å². The first kappa shape index (κ1) is 13.0. The second kappa shape index (κ2) is 5.54. The van der Waals surface area contributed by atoms with Gasteiger partial charge < -0.3 is 10.6 Å². The van der Waals surface area contributed by atoms with E-state index in [4.69, 9.17) is 5.26 Å². The van der Waals surface area contributed by atoms with E-state index < -0.39 is 0 Å². The molecule has 0 unspecified atom stereocenters. The number of carbonyl (C=O) groups is 1. The normalized spacial score (nSPS) is 17.6. The molecule has 2 saturated carbocycles. The SMILES string of the molecule is N#Cc1cccc(NCC(=O)NC(C2CC2)C2CC2)c1. The van der Waals surface area contributed by atoms with Gasteiger partial charge in [0.15, 0.2) is 0 Å². The summed E-state index contributed by atoms with van der Waals surface area (Å²) >= 11 is 0. The van der Waals surface area contributed by atoms with E-state index in [2.05, 4.69) is 16.7 Å². The fraction of sp³-hybridized carbons (Fsp3) is 0.500. The molecule has 1 aromatic rings. The van der Waals surface area contributed by atoms with Crippen LogP contribution in [0.1, 0.15) is 31.2 Å². The zero-order valence-corrected chi connectivity index (χ0v) is 11.4. The first-order valence-corrected chi connectivity index (χ1v) is 7.29. The van der Waals surface area contributed by atoms with Crippen molar-refractivity contribution in [2.45, 2.75) is 31.7 Å². The minimum absolute atomic E-state index is 0.0520. The van der Waals surface area contributed by atoms with Crippen LogP contribution in [-0.4, -0.2) is 18.5 Å². The Bertz CT molecular complexity index is 529. The average Bonchev–Trinajstić information content (AvgIpc) is 3.35. The Morgan fingerprint density at radius 2 is 2.00 bits per heavy atom. The largest absolute Gasteiger partial charge is 0.376 e. The fourth-order valence-electron chi connectivity index (χ4n) is 2.65. The summed E-state index contributed by atoms with van der Waals surface area (Å²) in [7, 11) is 0. The first-order chi connectivity index (χ1) is 9.76. The van der Waals surface area contributed by atoms with Crippen LogP contribution in [0.2, 0.25) is 0 Å². The van der Waals surface area contributed by atoms with Gasteiger partial charge in [-0.15, -0.1) is 0 Å². The molecule has 4 heteroatoms. The zero-order valence-electron chi connectivity index (χ0n) is 11.4. The summed E-state index contributed by atoms with van der Waals surface area (Å²) in [5.41, 5.74) is 1.41. The van der Waals surface area contributed by atoms with E-state index >= 15 is 0 Å². The lowest BCUT2D eigenvalue weighted by atomic mass is 10.1. The van der Waals surface area contributed by atoms with Gasteiger partial charge >= 0.3 is 0 Å². The Labute approximate surface area is 119 Å². The number of nitriles is 1. The van der Waals surface area contributed by atoms with Crippen molar-refractivity contribution in [1.29, 1.82) is 5.26 Å². The summed E-state index contributed by atoms with van der Waals surface area (Å²) in [6, 6.07) is 9.68. The van der Waals surface area contributed by atoms with Gasteiger partial charge in [-0.25, -0.2) is 0 Å². The number of amides is 1. The van der Waals surface area contributed by atoms with E-state index in [-0.39, 0.29) is 12.5 Å². The molecule has 2 aliphatic rings. The van der Waals surface area contributed by atoms with E-state index in [1.165, 1.54) is 25.7 Å². The second-order valence-electron chi connectivity index (χ2n) is 5.81. The van der Waals surface area contributed by atoms with E-state index in [0.717, 1.165) is 5.69 Å². The van der Waals surface area contributed by atoms with Gasteiger partial charge in [0, 0.05) is 11.7 Å². The molecule has 0 radical (unpaired) electrons. The Kier molecular flexibility index (Phi) is 3.60. The van der Waals surface area contributed by atoms with Crippen molar-refractivity contribution in [2.75, 3.05) is 11.9 Å². The predicted octanol–water partition coefficient (Wildman–Crippen LogP) is 2.27. The molecule has 3 rings (SSSR count). The third-order valence-electron chi connectivity index (χ3n) is 4.03. The van der Waals surface area contributed by atoms with Crippen LogP contribution in [0.25, 0.3) is 0 Å². The van der Waals surface area contributed by atoms with Gasteiger partial charge in [-0.2, -0.15) is 5.26 Å². The molecule has 20 heavy (non-hydrogen) atoms. The standard InChI is InChI=1S/C16H19N3O/c17-9-11-2-1-3-14(8-11)18-10-15(20)19-16(12-4-5-12)13-6-7-13/h1-3,8,12-13,16,18H,4-7,10H2,(H,19,20). The molecule has 0 atom stereocenters. The molecule has 0 bridgehead atoms. The molecule has 1 aromatic carbocycles. The smallest absolute Gasteiger partial charge is 0.239 e. The molecule has 0 aliphatic heterocycles. The molecule has 0 saturated heterocycles. The molecular weight excluding hydrogens is 250 g/mol. The van der Waals surface area contributed by atoms with Crippen molar-refractivity contribution >= 4 is 11.6 Å². The van der Waals surface area contributed by atoms with Crippen molar-refractivity contribution in [3.05, 3.63) is 29.8 Å². The van der Waals surface area contributed by atoms with Gasteiger partial charge in [-0.1, -0.05) is 6.07 Å². The topological polar surface area (TPSA) is 64.9 Å². The van der Waals surface area contributed by atoms with Gasteiger partial charge in [0.2, 0.25) is 5.91 Å². The molecule has 4 nitrogen and oxygen atoms in total. The van der Waals surface area contributed by atoms with Crippen LogP contribution >= 0.6 is 0 Å². The van der Waals surface area contributed by atoms with Crippen LogP contribution in [0.3, 0.4) is 0 Å². The molecule has 0 aromatic heterocycles. The van der Waals surface area contributed by atoms with E-state index in [1.54, 1.807) is 12.1 Å². The molecule has 0 heterocycles. The van der Waals surface area contributed by atoms with Gasteiger partial charge in [0.05, 0.1) is 18.2 Å². The highest BCUT2D eigenvalue weighted by Gasteiger charge is 2.42. The lowest BCUT2D eigenvalue weighted by Gasteiger charge is -2.18. The quantitative estimate of drug-likeness (QED) is 0.832. The number of carbonyl (C=O) groups excluding carboxylic acids is 1. The molecule has 2 aliphatic carbocycles. The van der Waals surface area contributed by atoms with Crippen LogP contribution in [0.5, 0.6) is 0 Å². The van der Waals surface area contributed by atoms with Gasteiger partial charge in [-0.05, 0) is 55.7 Å². The van der Waals surface area contributed by atoms with Crippen molar-refractivity contribution in [3.63, 3.8) is 0 Å². The molecular formula is C16H19N3O. The van der Waals surface area contributed by atoms with Crippen molar-refractivity contribution in [2.24, 2.45) is 11.8 Å². The lowest BCUT2D eigenvalue weighted by Crippen LogP contribution is -2.41. The molecule has 2 N–H and O–H groups in total. The van der Waals surface area contributed by atoms with Crippen molar-refractivity contribution < 1.29 is 4.79 Å². The predicted molar refractivity (Wildman–Crippen MR) is 77.0 cm³/mol. The fourth-order valence-corrected chi connectivity index (χ4v) is 2.65. The Morgan fingerprint density at radius 3 is 2.60 bits per heavy atom. The highest BCUT2D eigenvalue weighted by molar-refractivity contribution is 5.81. The minimum atomic E-state index is 0.0520. The van der Waals surface area contributed by atoms with Crippen LogP contribution < -0.4 is 10.6 Å². The van der Waals surface area contributed by atoms with Crippen LogP contribution in [0.4, 0.5) is 5.69 Å². The number of anilines is 1. The van der Waals surface area contributed by atoms with Gasteiger partial charge in [0.25, 0.3) is 0 Å². The Balaban J connectivity index is 1.49. The number of hydrogen-bond donors (Lipinski definition) is 2. The molecule has 104 valence electrons. The molecule has 2 fully saturated rings. The van der Waals surface area contributed by atoms with Gasteiger partial charge in [0.1, 0.15) is 0 Å². The molecule has 0 spiro atoms. The first-order valence-electron chi connectivity index (χ1n) is 7.29. The monoisotopic (exact) mass is 269 g/mol. The average molecular weight is 269 g/mol. The summed E-state index contributed by atoms with van der Waals surface area (Å²) in [4.78, 5) is 12.0. The third kappa shape index (κ3) is 3.30. The maximum absolute atomic E-state index is 12.0. The summed E-state index contributed by atoms with van der Waals surface area (Å²) in [5.74, 6) is 1.48. The van der Waals surface area contributed by atoms with E-state index in [1.807, 2.05) is 12.1 Å². The van der Waals surface area contributed by atoms with Crippen molar-refractivity contribution in [3.8, 4) is 6.07 Å². The van der Waals surface area contributed by atoms with Crippen LogP contribution in [0, 0.1) is 23.2 Å². The number of hydrogen-bond acceptors (Lipinski definition) is 3. The highest BCUT2D eigenvalue weighted by Crippen LogP contribution is 2.44. The summed E-state index contributed by atoms with van der Waals surface area (Å²) < 4.78 is 0. The number of rotatable bonds is 6. The number of nitrogens with zero attached hydrogens (tertiary/aromatic N) is 1. The van der Waals surface area contributed by atoms with Crippen LogP contribution in [0.15, 0.2) is 24.3 Å². The Hall–Kier alpha value is -2.02. The van der Waals surface area contributed by atoms with E-state index in [0.29, 0.717) is 23.4 Å². The van der Waals surface area contributed by atoms with E-state index in [9.17, 15) is 4.79 Å². The summed E-state index contributed by atoms with van der Waals surface area (Å²) in [6.45, 7) is 0.269. The Morgan fingerprint density at radius 1 is 1.30 bits per heavy atom. The van der Waals surface area contributed by atoms with Crippen molar-refractivity contribution in [1.82, 2.24) is 5.32 Å². The maximum Gasteiger partial charge on any atom is 0.239 e. The number of nitrogens with one attached hydrogen (secondary N) is 2. The van der Waals surface area contributed by atoms with Crippen LogP contribution in [-0.2, 0) is 4.79 Å². The third-order valence-corrected chi connectivity index (χ3v) is 4.03. The maximum atomic E-state index is 12.0. The molecule has 1 amide bonds. The second-order valence-corrected chi connectivity index (χ2v) is 5.81. The highest BCUT2D eigenvalue weighted by atomic mass is 16.2. The minimum Gasteiger partial charge on any atom is -0.376 e. The summed E-state index contributed by atoms with van der Waals surface area (Å²) in [5, 5.41) is 15.1. The number of benzene rings is 1. The lowest BCUT2D eigenvalue weighted by molar-refractivity contribution is -0.120. The zero-order chi connectivity index (χ0) is 13.9. The summed E-state index contributed by atoms with van der Waals surface area (Å²) in [6.07, 6.45) is 5.05.